The van der Waals surface area contributed by atoms with Crippen molar-refractivity contribution < 1.29 is 14.3 Å². The lowest BCUT2D eigenvalue weighted by molar-refractivity contribution is 0.0524. The van der Waals surface area contributed by atoms with E-state index >= 15 is 0 Å². The molecule has 9 heteroatoms. The standard InChI is InChI=1S/C18H24N6O3/c25-18(22-14-5-6-17(20-9-14)24-13-19-12-21-24)23(10-15-3-1-7-26-15)11-16-4-2-8-27-16/h5-6,9,12-13,15-16H,1-4,7-8,10-11H2,(H,22,25)/t15-,16-/m1/s1. The van der Waals surface area contributed by atoms with E-state index in [0.29, 0.717) is 24.6 Å². The first kappa shape index (κ1) is 17.9. The number of hydrogen-bond donors (Lipinski definition) is 1. The highest BCUT2D eigenvalue weighted by Gasteiger charge is 2.27. The van der Waals surface area contributed by atoms with Crippen LogP contribution >= 0.6 is 0 Å². The van der Waals surface area contributed by atoms with Gasteiger partial charge in [-0.05, 0) is 37.8 Å². The van der Waals surface area contributed by atoms with Crippen molar-refractivity contribution >= 4 is 11.7 Å². The molecule has 4 heterocycles. The lowest BCUT2D eigenvalue weighted by atomic mass is 10.2. The first-order valence-corrected chi connectivity index (χ1v) is 9.38. The van der Waals surface area contributed by atoms with E-state index in [0.717, 1.165) is 38.9 Å². The number of carbonyl (C=O) groups excluding carboxylic acids is 1. The van der Waals surface area contributed by atoms with Crippen LogP contribution in [0.2, 0.25) is 0 Å². The third-order valence-corrected chi connectivity index (χ3v) is 4.84. The van der Waals surface area contributed by atoms with Gasteiger partial charge in [-0.2, -0.15) is 5.10 Å². The van der Waals surface area contributed by atoms with Crippen LogP contribution < -0.4 is 5.32 Å². The summed E-state index contributed by atoms with van der Waals surface area (Å²) >= 11 is 0. The zero-order chi connectivity index (χ0) is 18.5. The molecule has 0 unspecified atom stereocenters. The SMILES string of the molecule is O=C(Nc1ccc(-n2cncn2)nc1)N(C[C@H]1CCCO1)C[C@H]1CCCO1. The Morgan fingerprint density at radius 2 is 1.93 bits per heavy atom. The Morgan fingerprint density at radius 3 is 2.44 bits per heavy atom. The number of nitrogens with one attached hydrogen (secondary N) is 1. The van der Waals surface area contributed by atoms with Gasteiger partial charge in [0.15, 0.2) is 5.82 Å². The molecule has 4 rings (SSSR count). The van der Waals surface area contributed by atoms with Gasteiger partial charge in [-0.3, -0.25) is 0 Å². The predicted octanol–water partition coefficient (Wildman–Crippen LogP) is 1.85. The monoisotopic (exact) mass is 372 g/mol. The summed E-state index contributed by atoms with van der Waals surface area (Å²) in [5, 5.41) is 6.97. The third kappa shape index (κ3) is 4.61. The van der Waals surface area contributed by atoms with Crippen molar-refractivity contribution in [2.24, 2.45) is 0 Å². The van der Waals surface area contributed by atoms with Gasteiger partial charge in [-0.15, -0.1) is 0 Å². The minimum Gasteiger partial charge on any atom is -0.376 e. The largest absolute Gasteiger partial charge is 0.376 e. The van der Waals surface area contributed by atoms with E-state index in [4.69, 9.17) is 9.47 Å². The van der Waals surface area contributed by atoms with E-state index in [2.05, 4.69) is 20.4 Å². The number of hydrogen-bond acceptors (Lipinski definition) is 6. The maximum absolute atomic E-state index is 12.9. The number of carbonyl (C=O) groups is 1. The van der Waals surface area contributed by atoms with Crippen LogP contribution in [0.5, 0.6) is 0 Å². The van der Waals surface area contributed by atoms with Crippen molar-refractivity contribution in [2.75, 3.05) is 31.6 Å². The molecular weight excluding hydrogens is 348 g/mol. The number of nitrogens with zero attached hydrogens (tertiary/aromatic N) is 5. The zero-order valence-corrected chi connectivity index (χ0v) is 15.2. The van der Waals surface area contributed by atoms with Gasteiger partial charge in [0.05, 0.1) is 24.1 Å². The number of anilines is 1. The molecule has 2 amide bonds. The number of amides is 2. The van der Waals surface area contributed by atoms with Gasteiger partial charge in [-0.1, -0.05) is 0 Å². The van der Waals surface area contributed by atoms with Gasteiger partial charge < -0.3 is 19.7 Å². The summed E-state index contributed by atoms with van der Waals surface area (Å²) in [6.07, 6.45) is 8.92. The number of pyridine rings is 1. The Kier molecular flexibility index (Phi) is 5.59. The zero-order valence-electron chi connectivity index (χ0n) is 15.2. The molecule has 2 atom stereocenters. The molecule has 2 aromatic rings. The highest BCUT2D eigenvalue weighted by atomic mass is 16.5. The van der Waals surface area contributed by atoms with Gasteiger partial charge in [0.2, 0.25) is 0 Å². The normalized spacial score (nSPS) is 22.1. The molecule has 0 bridgehead atoms. The Labute approximate surface area is 157 Å². The molecule has 9 nitrogen and oxygen atoms in total. The number of aromatic nitrogens is 4. The third-order valence-electron chi connectivity index (χ3n) is 4.84. The highest BCUT2D eigenvalue weighted by Crippen LogP contribution is 2.18. The van der Waals surface area contributed by atoms with Gasteiger partial charge >= 0.3 is 6.03 Å². The van der Waals surface area contributed by atoms with Crippen LogP contribution in [0.1, 0.15) is 25.7 Å². The summed E-state index contributed by atoms with van der Waals surface area (Å²) in [6.45, 7) is 2.70. The van der Waals surface area contributed by atoms with Crippen LogP contribution in [0.3, 0.4) is 0 Å². The van der Waals surface area contributed by atoms with E-state index in [1.165, 1.54) is 6.33 Å². The van der Waals surface area contributed by atoms with Crippen LogP contribution in [-0.4, -0.2) is 69.2 Å². The van der Waals surface area contributed by atoms with Crippen molar-refractivity contribution in [3.05, 3.63) is 31.0 Å². The molecular formula is C18H24N6O3. The quantitative estimate of drug-likeness (QED) is 0.832. The van der Waals surface area contributed by atoms with E-state index in [9.17, 15) is 4.79 Å². The van der Waals surface area contributed by atoms with Gasteiger partial charge in [-0.25, -0.2) is 19.4 Å². The Hall–Kier alpha value is -2.52. The van der Waals surface area contributed by atoms with Crippen molar-refractivity contribution in [1.82, 2.24) is 24.6 Å². The minimum atomic E-state index is -0.156. The fraction of sp³-hybridized carbons (Fsp3) is 0.556. The van der Waals surface area contributed by atoms with Crippen molar-refractivity contribution in [1.29, 1.82) is 0 Å². The smallest absolute Gasteiger partial charge is 0.322 e. The van der Waals surface area contributed by atoms with Gasteiger partial charge in [0.25, 0.3) is 0 Å². The molecule has 27 heavy (non-hydrogen) atoms. The Balaban J connectivity index is 1.40. The molecule has 2 aliphatic heterocycles. The molecule has 0 spiro atoms. The fourth-order valence-electron chi connectivity index (χ4n) is 3.43. The van der Waals surface area contributed by atoms with Crippen LogP contribution in [0.4, 0.5) is 10.5 Å². The van der Waals surface area contributed by atoms with Gasteiger partial charge in [0.1, 0.15) is 12.7 Å². The molecule has 2 aromatic heterocycles. The summed E-state index contributed by atoms with van der Waals surface area (Å²) in [5.41, 5.74) is 0.633. The van der Waals surface area contributed by atoms with Crippen molar-refractivity contribution in [2.45, 2.75) is 37.9 Å². The Morgan fingerprint density at radius 1 is 1.19 bits per heavy atom. The summed E-state index contributed by atoms with van der Waals surface area (Å²) in [6, 6.07) is 3.43. The summed E-state index contributed by atoms with van der Waals surface area (Å²) in [5.74, 6) is 0.640. The minimum absolute atomic E-state index is 0.102. The second-order valence-electron chi connectivity index (χ2n) is 6.85. The predicted molar refractivity (Wildman–Crippen MR) is 97.7 cm³/mol. The molecule has 0 radical (unpaired) electrons. The Bertz CT molecular complexity index is 706. The first-order chi connectivity index (χ1) is 13.3. The van der Waals surface area contributed by atoms with Crippen LogP contribution in [0.25, 0.3) is 5.82 Å². The van der Waals surface area contributed by atoms with E-state index in [1.807, 2.05) is 0 Å². The van der Waals surface area contributed by atoms with Crippen LogP contribution in [0, 0.1) is 0 Å². The molecule has 2 saturated heterocycles. The van der Waals surface area contributed by atoms with E-state index in [-0.39, 0.29) is 18.2 Å². The van der Waals surface area contributed by atoms with Crippen LogP contribution in [0.15, 0.2) is 31.0 Å². The molecule has 144 valence electrons. The lowest BCUT2D eigenvalue weighted by Gasteiger charge is -2.28. The summed E-state index contributed by atoms with van der Waals surface area (Å²) in [7, 11) is 0. The molecule has 0 aromatic carbocycles. The molecule has 2 aliphatic rings. The average molecular weight is 372 g/mol. The molecule has 1 N–H and O–H groups in total. The number of urea groups is 1. The number of rotatable bonds is 6. The fourth-order valence-corrected chi connectivity index (χ4v) is 3.43. The summed E-state index contributed by atoms with van der Waals surface area (Å²) < 4.78 is 13.0. The average Bonchev–Trinajstić information content (AvgIpc) is 3.45. The van der Waals surface area contributed by atoms with E-state index in [1.54, 1.807) is 34.2 Å². The molecule has 0 aliphatic carbocycles. The first-order valence-electron chi connectivity index (χ1n) is 9.38. The molecule has 2 fully saturated rings. The second-order valence-corrected chi connectivity index (χ2v) is 6.85. The lowest BCUT2D eigenvalue weighted by Crippen LogP contribution is -2.44. The highest BCUT2D eigenvalue weighted by molar-refractivity contribution is 5.89. The summed E-state index contributed by atoms with van der Waals surface area (Å²) in [4.78, 5) is 22.9. The number of ether oxygens (including phenoxy) is 2. The van der Waals surface area contributed by atoms with Crippen LogP contribution in [-0.2, 0) is 9.47 Å². The van der Waals surface area contributed by atoms with Crippen molar-refractivity contribution in [3.63, 3.8) is 0 Å². The maximum atomic E-state index is 12.9. The van der Waals surface area contributed by atoms with Crippen molar-refractivity contribution in [3.8, 4) is 5.82 Å². The van der Waals surface area contributed by atoms with Gasteiger partial charge in [0, 0.05) is 26.3 Å². The van der Waals surface area contributed by atoms with E-state index < -0.39 is 0 Å². The topological polar surface area (TPSA) is 94.4 Å². The second kappa shape index (κ2) is 8.45. The maximum Gasteiger partial charge on any atom is 0.322 e. The molecule has 0 saturated carbocycles.